The molecule has 2 heterocycles. The number of nitrogens with one attached hydrogen (secondary N) is 2. The van der Waals surface area contributed by atoms with Crippen molar-refractivity contribution in [2.45, 2.75) is 0 Å². The Bertz CT molecular complexity index is 954. The molecule has 4 aromatic rings. The summed E-state index contributed by atoms with van der Waals surface area (Å²) in [5.74, 6) is -0.156. The quantitative estimate of drug-likeness (QED) is 0.611. The summed E-state index contributed by atoms with van der Waals surface area (Å²) in [7, 11) is 0. The molecular formula is C17H13N5O. The fourth-order valence-corrected chi connectivity index (χ4v) is 2.41. The zero-order valence-electron chi connectivity index (χ0n) is 12.1. The molecule has 0 aliphatic heterocycles. The van der Waals surface area contributed by atoms with Crippen LogP contribution >= 0.6 is 0 Å². The summed E-state index contributed by atoms with van der Waals surface area (Å²) in [6, 6.07) is 13.0. The summed E-state index contributed by atoms with van der Waals surface area (Å²) >= 11 is 0. The monoisotopic (exact) mass is 303 g/mol. The molecular weight excluding hydrogens is 290 g/mol. The highest BCUT2D eigenvalue weighted by molar-refractivity contribution is 6.05. The number of carbonyl (C=O) groups is 1. The molecule has 2 aromatic carbocycles. The number of nitrogens with zero attached hydrogens (tertiary/aromatic N) is 3. The number of benzene rings is 2. The number of fused-ring (bicyclic) bond motifs is 1. The van der Waals surface area contributed by atoms with Gasteiger partial charge in [0.25, 0.3) is 5.91 Å². The highest BCUT2D eigenvalue weighted by atomic mass is 16.1. The molecule has 0 spiro atoms. The lowest BCUT2D eigenvalue weighted by Gasteiger charge is -2.07. The molecule has 6 nitrogen and oxygen atoms in total. The van der Waals surface area contributed by atoms with Gasteiger partial charge in [0.05, 0.1) is 23.7 Å². The Hall–Kier alpha value is -3.41. The molecule has 0 unspecified atom stereocenters. The molecule has 0 aliphatic carbocycles. The highest BCUT2D eigenvalue weighted by Crippen LogP contribution is 2.16. The van der Waals surface area contributed by atoms with E-state index in [1.165, 1.54) is 0 Å². The van der Waals surface area contributed by atoms with Gasteiger partial charge in [-0.2, -0.15) is 0 Å². The van der Waals surface area contributed by atoms with Gasteiger partial charge in [-0.3, -0.25) is 4.79 Å². The molecule has 4 rings (SSSR count). The van der Waals surface area contributed by atoms with Crippen molar-refractivity contribution >= 4 is 22.6 Å². The number of hydrogen-bond acceptors (Lipinski definition) is 3. The van der Waals surface area contributed by atoms with E-state index in [2.05, 4.69) is 20.3 Å². The molecule has 0 saturated heterocycles. The van der Waals surface area contributed by atoms with E-state index in [4.69, 9.17) is 0 Å². The summed E-state index contributed by atoms with van der Waals surface area (Å²) in [6.07, 6.45) is 6.93. The molecule has 2 N–H and O–H groups in total. The number of hydrogen-bond donors (Lipinski definition) is 2. The molecule has 0 bridgehead atoms. The molecule has 1 amide bonds. The lowest BCUT2D eigenvalue weighted by Crippen LogP contribution is -2.11. The Morgan fingerprint density at radius 1 is 1.13 bits per heavy atom. The predicted molar refractivity (Wildman–Crippen MR) is 87.6 cm³/mol. The molecule has 0 saturated carbocycles. The summed E-state index contributed by atoms with van der Waals surface area (Å²) in [6.45, 7) is 0. The fraction of sp³-hybridized carbons (Fsp3) is 0. The largest absolute Gasteiger partial charge is 0.345 e. The van der Waals surface area contributed by atoms with Crippen molar-refractivity contribution in [3.05, 3.63) is 73.1 Å². The molecule has 0 fully saturated rings. The Morgan fingerprint density at radius 2 is 2.00 bits per heavy atom. The van der Waals surface area contributed by atoms with Crippen molar-refractivity contribution in [3.8, 4) is 5.69 Å². The molecule has 0 radical (unpaired) electrons. The Labute approximate surface area is 131 Å². The normalized spacial score (nSPS) is 10.8. The molecule has 6 heteroatoms. The molecule has 0 aliphatic rings. The van der Waals surface area contributed by atoms with Crippen LogP contribution in [-0.2, 0) is 0 Å². The number of carbonyl (C=O) groups excluding carboxylic acids is 1. The van der Waals surface area contributed by atoms with Gasteiger partial charge in [0.1, 0.15) is 0 Å². The van der Waals surface area contributed by atoms with Crippen LogP contribution in [-0.4, -0.2) is 25.4 Å². The minimum Gasteiger partial charge on any atom is -0.345 e. The zero-order chi connectivity index (χ0) is 15.6. The van der Waals surface area contributed by atoms with E-state index >= 15 is 0 Å². The van der Waals surface area contributed by atoms with Crippen molar-refractivity contribution in [2.24, 2.45) is 0 Å². The number of rotatable bonds is 3. The van der Waals surface area contributed by atoms with Crippen LogP contribution in [0.15, 0.2) is 67.5 Å². The van der Waals surface area contributed by atoms with Crippen molar-refractivity contribution in [3.63, 3.8) is 0 Å². The van der Waals surface area contributed by atoms with Gasteiger partial charge in [-0.15, -0.1) is 0 Å². The lowest BCUT2D eigenvalue weighted by molar-refractivity contribution is 0.102. The first-order valence-corrected chi connectivity index (χ1v) is 7.12. The zero-order valence-corrected chi connectivity index (χ0v) is 12.1. The van der Waals surface area contributed by atoms with Crippen LogP contribution in [0, 0.1) is 0 Å². The van der Waals surface area contributed by atoms with Crippen LogP contribution in [0.1, 0.15) is 10.4 Å². The van der Waals surface area contributed by atoms with Crippen LogP contribution in [0.3, 0.4) is 0 Å². The number of aromatic nitrogens is 4. The van der Waals surface area contributed by atoms with E-state index in [1.54, 1.807) is 31.0 Å². The van der Waals surface area contributed by atoms with Crippen molar-refractivity contribution < 1.29 is 4.79 Å². The van der Waals surface area contributed by atoms with E-state index in [1.807, 2.05) is 41.1 Å². The van der Waals surface area contributed by atoms with Crippen molar-refractivity contribution in [2.75, 3.05) is 5.32 Å². The van der Waals surface area contributed by atoms with E-state index < -0.39 is 0 Å². The van der Waals surface area contributed by atoms with Gasteiger partial charge in [0, 0.05) is 29.3 Å². The predicted octanol–water partition coefficient (Wildman–Crippen LogP) is 3.00. The molecule has 112 valence electrons. The second-order valence-electron chi connectivity index (χ2n) is 5.11. The van der Waals surface area contributed by atoms with Crippen LogP contribution in [0.2, 0.25) is 0 Å². The Balaban J connectivity index is 1.53. The summed E-state index contributed by atoms with van der Waals surface area (Å²) in [5, 5.41) is 2.89. The topological polar surface area (TPSA) is 75.6 Å². The number of aromatic amines is 1. The lowest BCUT2D eigenvalue weighted by atomic mass is 10.2. The van der Waals surface area contributed by atoms with E-state index in [9.17, 15) is 4.79 Å². The smallest absolute Gasteiger partial charge is 0.255 e. The average molecular weight is 303 g/mol. The summed E-state index contributed by atoms with van der Waals surface area (Å²) < 4.78 is 1.90. The van der Waals surface area contributed by atoms with Gasteiger partial charge in [-0.05, 0) is 42.5 Å². The van der Waals surface area contributed by atoms with Gasteiger partial charge < -0.3 is 14.9 Å². The SMILES string of the molecule is O=C(Nc1ccc(-n2ccnc2)cc1)c1ccc2nc[nH]c2c1. The van der Waals surface area contributed by atoms with Crippen molar-refractivity contribution in [1.29, 1.82) is 0 Å². The molecule has 2 aromatic heterocycles. The Morgan fingerprint density at radius 3 is 2.78 bits per heavy atom. The van der Waals surface area contributed by atoms with Gasteiger partial charge in [-0.1, -0.05) is 0 Å². The van der Waals surface area contributed by atoms with Gasteiger partial charge in [0.2, 0.25) is 0 Å². The van der Waals surface area contributed by atoms with Gasteiger partial charge >= 0.3 is 0 Å². The average Bonchev–Trinajstić information content (AvgIpc) is 3.26. The first-order valence-electron chi connectivity index (χ1n) is 7.12. The highest BCUT2D eigenvalue weighted by Gasteiger charge is 2.08. The van der Waals surface area contributed by atoms with Crippen molar-refractivity contribution in [1.82, 2.24) is 19.5 Å². The standard InChI is InChI=1S/C17H13N5O/c23-17(12-1-6-15-16(9-12)20-10-19-15)21-13-2-4-14(5-3-13)22-8-7-18-11-22/h1-11H,(H,19,20)(H,21,23). The third kappa shape index (κ3) is 2.57. The van der Waals surface area contributed by atoms with E-state index in [-0.39, 0.29) is 5.91 Å². The van der Waals surface area contributed by atoms with Crippen LogP contribution < -0.4 is 5.32 Å². The number of amides is 1. The fourth-order valence-electron chi connectivity index (χ4n) is 2.41. The maximum Gasteiger partial charge on any atom is 0.255 e. The minimum absolute atomic E-state index is 0.156. The molecule has 23 heavy (non-hydrogen) atoms. The maximum absolute atomic E-state index is 12.3. The minimum atomic E-state index is -0.156. The number of H-pyrrole nitrogens is 1. The maximum atomic E-state index is 12.3. The number of anilines is 1. The second kappa shape index (κ2) is 5.42. The van der Waals surface area contributed by atoms with E-state index in [0.29, 0.717) is 5.56 Å². The van der Waals surface area contributed by atoms with E-state index in [0.717, 1.165) is 22.4 Å². The first-order chi connectivity index (χ1) is 11.3. The second-order valence-corrected chi connectivity index (χ2v) is 5.11. The Kier molecular flexibility index (Phi) is 3.12. The van der Waals surface area contributed by atoms with Crippen LogP contribution in [0.4, 0.5) is 5.69 Å². The third-order valence-corrected chi connectivity index (χ3v) is 3.61. The summed E-state index contributed by atoms with van der Waals surface area (Å²) in [4.78, 5) is 23.5. The summed E-state index contributed by atoms with van der Waals surface area (Å²) in [5.41, 5.74) is 3.99. The van der Waals surface area contributed by atoms with Crippen LogP contribution in [0.5, 0.6) is 0 Å². The third-order valence-electron chi connectivity index (χ3n) is 3.61. The van der Waals surface area contributed by atoms with Gasteiger partial charge in [-0.25, -0.2) is 9.97 Å². The molecule has 0 atom stereocenters. The first kappa shape index (κ1) is 13.3. The number of imidazole rings is 2. The van der Waals surface area contributed by atoms with Gasteiger partial charge in [0.15, 0.2) is 0 Å². The van der Waals surface area contributed by atoms with Crippen LogP contribution in [0.25, 0.3) is 16.7 Å².